The number of ketones is 1. The maximum Gasteiger partial charge on any atom is 0.229 e. The zero-order chi connectivity index (χ0) is 30.7. The number of allylic oxidation sites excluding steroid dienone is 1. The molecule has 2 aromatic carbocycles. The van der Waals surface area contributed by atoms with E-state index in [0.717, 1.165) is 18.2 Å². The fraction of sp³-hybridized carbons (Fsp3) is 0.444. The van der Waals surface area contributed by atoms with Crippen LogP contribution < -0.4 is 4.74 Å². The van der Waals surface area contributed by atoms with E-state index in [0.29, 0.717) is 5.56 Å². The van der Waals surface area contributed by atoms with E-state index in [-0.39, 0.29) is 5.75 Å². The van der Waals surface area contributed by atoms with Gasteiger partial charge in [0.05, 0.1) is 13.2 Å². The quantitative estimate of drug-likeness (QED) is 0.108. The van der Waals surface area contributed by atoms with Crippen LogP contribution in [0.25, 0.3) is 6.08 Å². The Morgan fingerprint density at radius 2 is 1.36 bits per heavy atom. The van der Waals surface area contributed by atoms with Crippen molar-refractivity contribution < 1.29 is 74.8 Å². The third-order valence-electron chi connectivity index (χ3n) is 6.82. The van der Waals surface area contributed by atoms with Crippen molar-refractivity contribution in [2.24, 2.45) is 0 Å². The number of phenols is 3. The number of carbonyl (C=O) groups excluding carboxylic acids is 1. The highest BCUT2D eigenvalue weighted by Crippen LogP contribution is 2.36. The molecule has 230 valence electrons. The lowest BCUT2D eigenvalue weighted by atomic mass is 9.98. The van der Waals surface area contributed by atoms with Crippen molar-refractivity contribution in [3.63, 3.8) is 0 Å². The Bertz CT molecular complexity index is 1250. The molecule has 0 saturated carbocycles. The maximum atomic E-state index is 13.0. The first-order chi connectivity index (χ1) is 19.9. The molecule has 42 heavy (non-hydrogen) atoms. The van der Waals surface area contributed by atoms with Gasteiger partial charge in [-0.15, -0.1) is 0 Å². The van der Waals surface area contributed by atoms with Crippen LogP contribution >= 0.6 is 0 Å². The Morgan fingerprint density at radius 1 is 0.762 bits per heavy atom. The topological polar surface area (TPSA) is 256 Å². The summed E-state index contributed by atoms with van der Waals surface area (Å²) in [5.41, 5.74) is 0.0978. The van der Waals surface area contributed by atoms with E-state index >= 15 is 0 Å². The zero-order valence-electron chi connectivity index (χ0n) is 21.8. The lowest BCUT2D eigenvalue weighted by Crippen LogP contribution is -2.62. The molecule has 2 fully saturated rings. The van der Waals surface area contributed by atoms with Crippen molar-refractivity contribution in [3.8, 4) is 23.0 Å². The van der Waals surface area contributed by atoms with Gasteiger partial charge in [0.2, 0.25) is 6.29 Å². The number of aliphatic hydroxyl groups excluding tert-OH is 7. The number of hydrogen-bond acceptors (Lipinski definition) is 15. The molecule has 0 radical (unpaired) electrons. The summed E-state index contributed by atoms with van der Waals surface area (Å²) in [7, 11) is 0. The summed E-state index contributed by atoms with van der Waals surface area (Å²) in [6.45, 7) is -1.34. The van der Waals surface area contributed by atoms with Crippen molar-refractivity contribution in [1.29, 1.82) is 0 Å². The van der Waals surface area contributed by atoms with Gasteiger partial charge < -0.3 is 70.0 Å². The highest BCUT2D eigenvalue weighted by atomic mass is 16.7. The highest BCUT2D eigenvalue weighted by Gasteiger charge is 2.48. The maximum absolute atomic E-state index is 13.0. The average Bonchev–Trinajstić information content (AvgIpc) is 2.95. The van der Waals surface area contributed by atoms with Gasteiger partial charge in [-0.3, -0.25) is 4.79 Å². The van der Waals surface area contributed by atoms with Gasteiger partial charge in [0.1, 0.15) is 77.4 Å². The van der Waals surface area contributed by atoms with Gasteiger partial charge in [-0.05, 0) is 23.8 Å². The lowest BCUT2D eigenvalue weighted by Gasteiger charge is -2.42. The van der Waals surface area contributed by atoms with E-state index in [1.165, 1.54) is 30.3 Å². The predicted octanol–water partition coefficient (Wildman–Crippen LogP) is -2.30. The molecule has 4 rings (SSSR count). The fourth-order valence-electron chi connectivity index (χ4n) is 4.44. The smallest absolute Gasteiger partial charge is 0.229 e. The molecule has 0 spiro atoms. The number of rotatable bonds is 9. The molecule has 15 heteroatoms. The monoisotopic (exact) mass is 596 g/mol. The molecule has 10 N–H and O–H groups in total. The number of phenolic OH excluding ortho intramolecular Hbond substituents is 3. The number of ether oxygens (including phenoxy) is 4. The van der Waals surface area contributed by atoms with Gasteiger partial charge in [0.15, 0.2) is 12.1 Å². The molecule has 2 aromatic rings. The minimum atomic E-state index is -1.90. The molecule has 2 aliphatic rings. The Balaban J connectivity index is 1.51. The lowest BCUT2D eigenvalue weighted by molar-refractivity contribution is -0.323. The van der Waals surface area contributed by atoms with Gasteiger partial charge in [0, 0.05) is 12.1 Å². The largest absolute Gasteiger partial charge is 0.508 e. The normalized spacial score (nSPS) is 33.5. The van der Waals surface area contributed by atoms with Gasteiger partial charge in [-0.2, -0.15) is 0 Å². The molecular weight excluding hydrogens is 564 g/mol. The van der Waals surface area contributed by atoms with Crippen LogP contribution in [-0.4, -0.2) is 131 Å². The summed E-state index contributed by atoms with van der Waals surface area (Å²) in [4.78, 5) is 13.0. The molecule has 10 atom stereocenters. The minimum absolute atomic E-state index is 0.0144. The predicted molar refractivity (Wildman–Crippen MR) is 138 cm³/mol. The Labute approximate surface area is 238 Å². The van der Waals surface area contributed by atoms with Gasteiger partial charge in [-0.25, -0.2) is 0 Å². The van der Waals surface area contributed by atoms with Crippen molar-refractivity contribution in [2.75, 3.05) is 13.2 Å². The first kappa shape index (κ1) is 31.6. The second-order valence-corrected chi connectivity index (χ2v) is 9.79. The van der Waals surface area contributed by atoms with Crippen molar-refractivity contribution >= 4 is 11.9 Å². The van der Waals surface area contributed by atoms with E-state index in [9.17, 15) is 55.9 Å². The number of benzene rings is 2. The summed E-state index contributed by atoms with van der Waals surface area (Å²) >= 11 is 0. The third-order valence-corrected chi connectivity index (χ3v) is 6.82. The first-order valence-corrected chi connectivity index (χ1v) is 12.8. The summed E-state index contributed by atoms with van der Waals surface area (Å²) in [6, 6.07) is 7.68. The molecule has 0 aromatic heterocycles. The standard InChI is InChI=1S/C27H32O15/c28-9-17-20(33)22(35)24(37)26(41-17)39-10-18-21(34)23(36)25(38)27(42-18)40-16-8-13(30)7-15(32)19(16)14(31)6-3-11-1-4-12(29)5-2-11/h1-8,17-18,20-30,32-38H,9-10H2. The molecule has 15 nitrogen and oxygen atoms in total. The van der Waals surface area contributed by atoms with Crippen molar-refractivity contribution in [2.45, 2.75) is 61.4 Å². The number of aromatic hydroxyl groups is 3. The van der Waals surface area contributed by atoms with Crippen LogP contribution in [0.2, 0.25) is 0 Å². The summed E-state index contributed by atoms with van der Waals surface area (Å²) in [6.07, 6.45) is -14.3. The molecule has 2 aliphatic heterocycles. The molecule has 10 unspecified atom stereocenters. The number of hydrogen-bond donors (Lipinski definition) is 10. The number of aliphatic hydroxyl groups is 7. The van der Waals surface area contributed by atoms with Crippen molar-refractivity contribution in [1.82, 2.24) is 0 Å². The first-order valence-electron chi connectivity index (χ1n) is 12.8. The van der Waals surface area contributed by atoms with Crippen LogP contribution in [-0.2, 0) is 14.2 Å². The molecule has 0 amide bonds. The van der Waals surface area contributed by atoms with Crippen LogP contribution in [0.5, 0.6) is 23.0 Å². The second-order valence-electron chi connectivity index (χ2n) is 9.79. The van der Waals surface area contributed by atoms with E-state index in [1.54, 1.807) is 0 Å². The van der Waals surface area contributed by atoms with Gasteiger partial charge in [-0.1, -0.05) is 18.2 Å². The van der Waals surface area contributed by atoms with Crippen LogP contribution in [0, 0.1) is 0 Å². The number of carbonyl (C=O) groups is 1. The summed E-state index contributed by atoms with van der Waals surface area (Å²) in [5.74, 6) is -2.42. The molecular formula is C27H32O15. The Kier molecular flexibility index (Phi) is 10.0. The van der Waals surface area contributed by atoms with E-state index in [1.807, 2.05) is 0 Å². The third kappa shape index (κ3) is 6.82. The SMILES string of the molecule is O=C(C=Cc1ccc(O)cc1)c1c(O)cc(O)cc1OC1OC(COC2OC(CO)C(O)C(O)C2O)C(O)C(O)C1O. The molecule has 0 aliphatic carbocycles. The van der Waals surface area contributed by atoms with E-state index < -0.39 is 103 Å². The highest BCUT2D eigenvalue weighted by molar-refractivity contribution is 6.10. The Hall–Kier alpha value is -3.35. The molecule has 2 saturated heterocycles. The van der Waals surface area contributed by atoms with Crippen LogP contribution in [0.1, 0.15) is 15.9 Å². The molecule has 2 heterocycles. The fourth-order valence-corrected chi connectivity index (χ4v) is 4.44. The van der Waals surface area contributed by atoms with Gasteiger partial charge in [0.25, 0.3) is 0 Å². The van der Waals surface area contributed by atoms with Crippen LogP contribution in [0.3, 0.4) is 0 Å². The average molecular weight is 597 g/mol. The van der Waals surface area contributed by atoms with E-state index in [2.05, 4.69) is 0 Å². The van der Waals surface area contributed by atoms with Crippen LogP contribution in [0.4, 0.5) is 0 Å². The Morgan fingerprint density at radius 3 is 2.00 bits per heavy atom. The summed E-state index contributed by atoms with van der Waals surface area (Å²) in [5, 5.41) is 101. The van der Waals surface area contributed by atoms with Crippen LogP contribution in [0.15, 0.2) is 42.5 Å². The zero-order valence-corrected chi connectivity index (χ0v) is 21.8. The summed E-state index contributed by atoms with van der Waals surface area (Å²) < 4.78 is 21.7. The van der Waals surface area contributed by atoms with Crippen molar-refractivity contribution in [3.05, 3.63) is 53.6 Å². The van der Waals surface area contributed by atoms with E-state index in [4.69, 9.17) is 18.9 Å². The van der Waals surface area contributed by atoms with Gasteiger partial charge >= 0.3 is 0 Å². The minimum Gasteiger partial charge on any atom is -0.508 e. The molecule has 0 bridgehead atoms. The second kappa shape index (κ2) is 13.3.